The highest BCUT2D eigenvalue weighted by molar-refractivity contribution is 5.46. The molecule has 0 amide bonds. The van der Waals surface area contributed by atoms with E-state index in [9.17, 15) is 5.11 Å². The molecule has 1 aromatic carbocycles. The molecule has 0 radical (unpaired) electrons. The van der Waals surface area contributed by atoms with Gasteiger partial charge in [-0.1, -0.05) is 0 Å². The first kappa shape index (κ1) is 8.62. The predicted octanol–water partition coefficient (Wildman–Crippen LogP) is 0.638. The number of hydrogen-bond donors (Lipinski definition) is 3. The fourth-order valence-electron chi connectivity index (χ4n) is 1.35. The van der Waals surface area contributed by atoms with Crippen LogP contribution in [-0.4, -0.2) is 10.1 Å². The number of imidazole rings is 1. The summed E-state index contributed by atoms with van der Waals surface area (Å²) in [5.41, 5.74) is 7.10. The molecule has 1 aromatic heterocycles. The van der Waals surface area contributed by atoms with Crippen LogP contribution in [0.15, 0.2) is 36.9 Å². The topological polar surface area (TPSA) is 65.9 Å². The third kappa shape index (κ3) is 1.69. The van der Waals surface area contributed by atoms with Crippen molar-refractivity contribution >= 4 is 5.69 Å². The quantitative estimate of drug-likeness (QED) is 0.369. The highest BCUT2D eigenvalue weighted by Gasteiger charge is 2.05. The van der Waals surface area contributed by atoms with Crippen LogP contribution >= 0.6 is 0 Å². The average Bonchev–Trinajstić information content (AvgIpc) is 2.64. The molecular formula is C10H12N3O+. The van der Waals surface area contributed by atoms with Crippen molar-refractivity contribution in [3.8, 4) is 5.75 Å². The Morgan fingerprint density at radius 3 is 3.00 bits per heavy atom. The largest absolute Gasteiger partial charge is 0.508 e. The zero-order valence-electron chi connectivity index (χ0n) is 7.64. The lowest BCUT2D eigenvalue weighted by atomic mass is 10.2. The fourth-order valence-corrected chi connectivity index (χ4v) is 1.35. The number of aromatic hydroxyl groups is 1. The maximum atomic E-state index is 9.55. The maximum absolute atomic E-state index is 9.55. The van der Waals surface area contributed by atoms with E-state index in [0.717, 1.165) is 5.56 Å². The van der Waals surface area contributed by atoms with Gasteiger partial charge in [-0.2, -0.15) is 0 Å². The van der Waals surface area contributed by atoms with Gasteiger partial charge >= 0.3 is 0 Å². The molecule has 0 fully saturated rings. The number of aromatic nitrogens is 2. The van der Waals surface area contributed by atoms with Crippen LogP contribution in [0.4, 0.5) is 5.69 Å². The Morgan fingerprint density at radius 2 is 2.29 bits per heavy atom. The fraction of sp³-hybridized carbons (Fsp3) is 0.100. The molecule has 72 valence electrons. The lowest BCUT2D eigenvalue weighted by Gasteiger charge is -2.02. The molecule has 4 heteroatoms. The van der Waals surface area contributed by atoms with Crippen molar-refractivity contribution < 1.29 is 9.67 Å². The number of phenols is 1. The maximum Gasteiger partial charge on any atom is 0.241 e. The number of benzene rings is 1. The minimum atomic E-state index is 0.271. The van der Waals surface area contributed by atoms with Crippen molar-refractivity contribution in [3.63, 3.8) is 0 Å². The number of phenolic OH excluding ortho intramolecular Hbond substituents is 1. The van der Waals surface area contributed by atoms with Crippen LogP contribution in [0.25, 0.3) is 0 Å². The average molecular weight is 190 g/mol. The molecule has 14 heavy (non-hydrogen) atoms. The van der Waals surface area contributed by atoms with Crippen LogP contribution in [0.2, 0.25) is 0 Å². The van der Waals surface area contributed by atoms with E-state index in [-0.39, 0.29) is 5.75 Å². The lowest BCUT2D eigenvalue weighted by Crippen LogP contribution is -2.30. The Bertz CT molecular complexity index is 423. The third-order valence-electron chi connectivity index (χ3n) is 2.06. The SMILES string of the molecule is Nc1ccc(O)c(C[n+]2cc[nH]c2)c1. The third-order valence-corrected chi connectivity index (χ3v) is 2.06. The summed E-state index contributed by atoms with van der Waals surface area (Å²) in [7, 11) is 0. The van der Waals surface area contributed by atoms with Crippen LogP contribution in [0.5, 0.6) is 5.75 Å². The first-order chi connectivity index (χ1) is 6.75. The van der Waals surface area contributed by atoms with Gasteiger partial charge in [0.05, 0.1) is 0 Å². The van der Waals surface area contributed by atoms with Crippen molar-refractivity contribution in [2.24, 2.45) is 0 Å². The van der Waals surface area contributed by atoms with E-state index in [1.807, 2.05) is 23.3 Å². The zero-order valence-corrected chi connectivity index (χ0v) is 7.64. The van der Waals surface area contributed by atoms with Gasteiger partial charge in [0.15, 0.2) is 0 Å². The van der Waals surface area contributed by atoms with Gasteiger partial charge in [-0.3, -0.25) is 4.98 Å². The van der Waals surface area contributed by atoms with Gasteiger partial charge in [0.2, 0.25) is 6.33 Å². The Morgan fingerprint density at radius 1 is 1.43 bits per heavy atom. The summed E-state index contributed by atoms with van der Waals surface area (Å²) in [6.07, 6.45) is 5.54. The second-order valence-corrected chi connectivity index (χ2v) is 3.17. The van der Waals surface area contributed by atoms with Gasteiger partial charge < -0.3 is 10.8 Å². The highest BCUT2D eigenvalue weighted by atomic mass is 16.3. The van der Waals surface area contributed by atoms with Crippen molar-refractivity contribution in [2.75, 3.05) is 5.73 Å². The second-order valence-electron chi connectivity index (χ2n) is 3.17. The van der Waals surface area contributed by atoms with E-state index in [2.05, 4.69) is 4.98 Å². The van der Waals surface area contributed by atoms with Crippen LogP contribution in [-0.2, 0) is 6.54 Å². The lowest BCUT2D eigenvalue weighted by molar-refractivity contribution is -0.687. The van der Waals surface area contributed by atoms with Crippen molar-refractivity contribution in [1.29, 1.82) is 0 Å². The summed E-state index contributed by atoms with van der Waals surface area (Å²) < 4.78 is 1.93. The Hall–Kier alpha value is -1.97. The number of nitrogens with zero attached hydrogens (tertiary/aromatic N) is 1. The smallest absolute Gasteiger partial charge is 0.241 e. The minimum Gasteiger partial charge on any atom is -0.508 e. The Labute approximate surface area is 81.6 Å². The first-order valence-corrected chi connectivity index (χ1v) is 4.35. The highest BCUT2D eigenvalue weighted by Crippen LogP contribution is 2.18. The molecule has 0 spiro atoms. The van der Waals surface area contributed by atoms with Gasteiger partial charge in [-0.25, -0.2) is 4.57 Å². The monoisotopic (exact) mass is 190 g/mol. The molecule has 4 nitrogen and oxygen atoms in total. The number of aromatic amines is 1. The molecule has 1 heterocycles. The van der Waals surface area contributed by atoms with Gasteiger partial charge in [0, 0.05) is 11.3 Å². The van der Waals surface area contributed by atoms with Crippen LogP contribution in [0.1, 0.15) is 5.56 Å². The number of rotatable bonds is 2. The summed E-state index contributed by atoms with van der Waals surface area (Å²) in [5.74, 6) is 0.271. The molecule has 0 saturated heterocycles. The van der Waals surface area contributed by atoms with E-state index >= 15 is 0 Å². The molecule has 2 aromatic rings. The minimum absolute atomic E-state index is 0.271. The molecule has 0 aliphatic heterocycles. The van der Waals surface area contributed by atoms with Crippen LogP contribution < -0.4 is 10.3 Å². The molecule has 0 aliphatic carbocycles. The van der Waals surface area contributed by atoms with Crippen molar-refractivity contribution in [3.05, 3.63) is 42.5 Å². The molecule has 0 unspecified atom stereocenters. The summed E-state index contributed by atoms with van der Waals surface area (Å²) in [5, 5.41) is 9.55. The zero-order chi connectivity index (χ0) is 9.97. The summed E-state index contributed by atoms with van der Waals surface area (Å²) in [6, 6.07) is 5.06. The second kappa shape index (κ2) is 3.41. The number of nitrogen functional groups attached to an aromatic ring is 1. The molecule has 0 saturated carbocycles. The predicted molar refractivity (Wildman–Crippen MR) is 52.6 cm³/mol. The molecule has 0 aliphatic rings. The molecule has 2 rings (SSSR count). The number of anilines is 1. The van der Waals surface area contributed by atoms with Crippen molar-refractivity contribution in [2.45, 2.75) is 6.54 Å². The van der Waals surface area contributed by atoms with Gasteiger partial charge in [-0.05, 0) is 18.2 Å². The van der Waals surface area contributed by atoms with E-state index in [4.69, 9.17) is 5.73 Å². The summed E-state index contributed by atoms with van der Waals surface area (Å²) in [6.45, 7) is 0.611. The first-order valence-electron chi connectivity index (χ1n) is 4.35. The van der Waals surface area contributed by atoms with Gasteiger partial charge in [0.25, 0.3) is 0 Å². The van der Waals surface area contributed by atoms with E-state index in [0.29, 0.717) is 12.2 Å². The number of H-pyrrole nitrogens is 1. The Balaban J connectivity index is 2.28. The normalized spacial score (nSPS) is 10.3. The summed E-state index contributed by atoms with van der Waals surface area (Å²) >= 11 is 0. The standard InChI is InChI=1S/C10H11N3O/c11-9-1-2-10(14)8(5-9)6-13-4-3-12-7-13/h1-5,7,14H,6,11H2/p+1. The van der Waals surface area contributed by atoms with Gasteiger partial charge in [0.1, 0.15) is 24.7 Å². The van der Waals surface area contributed by atoms with E-state index in [1.54, 1.807) is 18.2 Å². The van der Waals surface area contributed by atoms with E-state index < -0.39 is 0 Å². The van der Waals surface area contributed by atoms with Crippen LogP contribution in [0.3, 0.4) is 0 Å². The van der Waals surface area contributed by atoms with Gasteiger partial charge in [-0.15, -0.1) is 0 Å². The molecule has 0 atom stereocenters. The number of hydrogen-bond acceptors (Lipinski definition) is 2. The molecule has 0 bridgehead atoms. The summed E-state index contributed by atoms with van der Waals surface area (Å²) in [4.78, 5) is 2.93. The molecular weight excluding hydrogens is 178 g/mol. The van der Waals surface area contributed by atoms with Crippen molar-refractivity contribution in [1.82, 2.24) is 4.98 Å². The van der Waals surface area contributed by atoms with E-state index in [1.165, 1.54) is 0 Å². The number of nitrogens with two attached hydrogens (primary N) is 1. The number of nitrogens with one attached hydrogen (secondary N) is 1. The van der Waals surface area contributed by atoms with Crippen LogP contribution in [0, 0.1) is 0 Å². The molecule has 4 N–H and O–H groups in total. The Kier molecular flexibility index (Phi) is 2.10.